The number of amides is 2. The van der Waals surface area contributed by atoms with Crippen molar-refractivity contribution in [1.82, 2.24) is 19.4 Å². The van der Waals surface area contributed by atoms with Crippen LogP contribution in [-0.4, -0.2) is 37.8 Å². The Bertz CT molecular complexity index is 1510. The Morgan fingerprint density at radius 3 is 2.66 bits per heavy atom. The number of H-pyrrole nitrogens is 1. The number of hydrogen-bond donors (Lipinski definition) is 2. The van der Waals surface area contributed by atoms with Gasteiger partial charge in [0.15, 0.2) is 5.69 Å². The van der Waals surface area contributed by atoms with Crippen molar-refractivity contribution in [3.8, 4) is 0 Å². The van der Waals surface area contributed by atoms with E-state index in [4.69, 9.17) is 16.6 Å². The SMILES string of the molecule is C=CC(=C)Cc1cc(NC(=O)c2nc(Cc3ccccc3)n3c2CN(C(=O)c2ccc[nH]2)CC3)ccc1Cl. The molecular weight excluding hydrogens is 498 g/mol. The van der Waals surface area contributed by atoms with E-state index in [1.54, 1.807) is 41.4 Å². The number of nitrogens with zero attached hydrogens (tertiary/aromatic N) is 3. The quantitative estimate of drug-likeness (QED) is 0.292. The van der Waals surface area contributed by atoms with E-state index in [9.17, 15) is 9.59 Å². The van der Waals surface area contributed by atoms with E-state index in [0.717, 1.165) is 22.5 Å². The lowest BCUT2D eigenvalue weighted by Crippen LogP contribution is -2.39. The number of aromatic nitrogens is 3. The smallest absolute Gasteiger partial charge is 0.276 e. The molecule has 0 aliphatic carbocycles. The number of rotatable bonds is 8. The van der Waals surface area contributed by atoms with E-state index in [1.807, 2.05) is 36.4 Å². The highest BCUT2D eigenvalue weighted by Crippen LogP contribution is 2.26. The van der Waals surface area contributed by atoms with Crippen LogP contribution in [0.4, 0.5) is 5.69 Å². The molecule has 0 spiro atoms. The summed E-state index contributed by atoms with van der Waals surface area (Å²) in [5.41, 5.74) is 4.92. The highest BCUT2D eigenvalue weighted by molar-refractivity contribution is 6.31. The number of imidazole rings is 1. The number of hydrogen-bond acceptors (Lipinski definition) is 3. The van der Waals surface area contributed by atoms with Crippen LogP contribution in [0.25, 0.3) is 0 Å². The molecular formula is C30H28ClN5O2. The van der Waals surface area contributed by atoms with Gasteiger partial charge in [-0.05, 0) is 47.9 Å². The first-order chi connectivity index (χ1) is 18.4. The summed E-state index contributed by atoms with van der Waals surface area (Å²) in [4.78, 5) is 36.1. The number of benzene rings is 2. The van der Waals surface area contributed by atoms with Crippen LogP contribution in [0.1, 0.15) is 43.6 Å². The summed E-state index contributed by atoms with van der Waals surface area (Å²) in [5, 5.41) is 3.57. The number of anilines is 1. The predicted molar refractivity (Wildman–Crippen MR) is 149 cm³/mol. The van der Waals surface area contributed by atoms with Gasteiger partial charge in [0.1, 0.15) is 11.5 Å². The van der Waals surface area contributed by atoms with Gasteiger partial charge in [0, 0.05) is 36.4 Å². The van der Waals surface area contributed by atoms with Crippen LogP contribution in [0.2, 0.25) is 5.02 Å². The molecule has 0 fully saturated rings. The number of nitrogens with one attached hydrogen (secondary N) is 2. The van der Waals surface area contributed by atoms with Crippen molar-refractivity contribution >= 4 is 29.1 Å². The van der Waals surface area contributed by atoms with Gasteiger partial charge in [-0.3, -0.25) is 9.59 Å². The Kier molecular flexibility index (Phi) is 7.29. The minimum Gasteiger partial charge on any atom is -0.357 e. The van der Waals surface area contributed by atoms with Crippen molar-refractivity contribution in [2.45, 2.75) is 25.9 Å². The van der Waals surface area contributed by atoms with Gasteiger partial charge in [-0.2, -0.15) is 0 Å². The molecule has 8 heteroatoms. The molecule has 4 aromatic rings. The summed E-state index contributed by atoms with van der Waals surface area (Å²) in [5.74, 6) is 0.351. The topological polar surface area (TPSA) is 83.0 Å². The Labute approximate surface area is 226 Å². The molecule has 2 amide bonds. The molecule has 5 rings (SSSR count). The Morgan fingerprint density at radius 1 is 1.11 bits per heavy atom. The molecule has 7 nitrogen and oxygen atoms in total. The fourth-order valence-electron chi connectivity index (χ4n) is 4.64. The molecule has 1 aliphatic heterocycles. The van der Waals surface area contributed by atoms with Gasteiger partial charge in [0.25, 0.3) is 11.8 Å². The fraction of sp³-hybridized carbons (Fsp3) is 0.167. The molecule has 0 unspecified atom stereocenters. The van der Waals surface area contributed by atoms with Gasteiger partial charge in [-0.15, -0.1) is 0 Å². The maximum absolute atomic E-state index is 13.6. The van der Waals surface area contributed by atoms with E-state index in [0.29, 0.717) is 53.7 Å². The molecule has 0 atom stereocenters. The van der Waals surface area contributed by atoms with Crippen LogP contribution in [0.3, 0.4) is 0 Å². The van der Waals surface area contributed by atoms with Crippen LogP contribution >= 0.6 is 11.6 Å². The second-order valence-corrected chi connectivity index (χ2v) is 9.65. The highest BCUT2D eigenvalue weighted by atomic mass is 35.5. The fourth-order valence-corrected chi connectivity index (χ4v) is 4.82. The first-order valence-corrected chi connectivity index (χ1v) is 12.8. The lowest BCUT2D eigenvalue weighted by molar-refractivity contribution is 0.0702. The molecule has 2 aromatic heterocycles. The monoisotopic (exact) mass is 525 g/mol. The van der Waals surface area contributed by atoms with Gasteiger partial charge in [0.05, 0.1) is 12.2 Å². The average molecular weight is 526 g/mol. The summed E-state index contributed by atoms with van der Waals surface area (Å²) in [6.45, 7) is 9.08. The first kappa shape index (κ1) is 25.3. The Balaban J connectivity index is 1.45. The summed E-state index contributed by atoms with van der Waals surface area (Å²) in [6.07, 6.45) is 4.53. The van der Waals surface area contributed by atoms with Crippen LogP contribution in [0, 0.1) is 0 Å². The van der Waals surface area contributed by atoms with E-state index < -0.39 is 0 Å². The number of carbonyl (C=O) groups excluding carboxylic acids is 2. The lowest BCUT2D eigenvalue weighted by Gasteiger charge is -2.29. The average Bonchev–Trinajstić information content (AvgIpc) is 3.59. The summed E-state index contributed by atoms with van der Waals surface area (Å²) >= 11 is 6.37. The standard InChI is InChI=1S/C30H28ClN5O2/c1-3-20(2)16-22-18-23(11-12-24(22)31)33-29(37)28-26-19-35(30(38)25-10-7-13-32-25)14-15-36(26)27(34-28)17-21-8-5-4-6-9-21/h3-13,18,32H,1-2,14-17,19H2,(H,33,37). The van der Waals surface area contributed by atoms with E-state index in [2.05, 4.69) is 28.0 Å². The van der Waals surface area contributed by atoms with E-state index in [1.165, 1.54) is 0 Å². The Hall–Kier alpha value is -4.36. The minimum absolute atomic E-state index is 0.108. The van der Waals surface area contributed by atoms with Crippen molar-refractivity contribution in [3.05, 3.63) is 131 Å². The minimum atomic E-state index is -0.335. The van der Waals surface area contributed by atoms with Crippen molar-refractivity contribution in [2.75, 3.05) is 11.9 Å². The third kappa shape index (κ3) is 5.33. The lowest BCUT2D eigenvalue weighted by atomic mass is 10.1. The molecule has 2 aromatic carbocycles. The van der Waals surface area contributed by atoms with Crippen LogP contribution in [0.5, 0.6) is 0 Å². The van der Waals surface area contributed by atoms with E-state index >= 15 is 0 Å². The van der Waals surface area contributed by atoms with Gasteiger partial charge < -0.3 is 19.8 Å². The Morgan fingerprint density at radius 2 is 1.92 bits per heavy atom. The predicted octanol–water partition coefficient (Wildman–Crippen LogP) is 5.65. The second kappa shape index (κ2) is 10.9. The largest absolute Gasteiger partial charge is 0.357 e. The first-order valence-electron chi connectivity index (χ1n) is 12.4. The number of fused-ring (bicyclic) bond motifs is 1. The highest BCUT2D eigenvalue weighted by Gasteiger charge is 2.30. The summed E-state index contributed by atoms with van der Waals surface area (Å²) in [7, 11) is 0. The molecule has 0 saturated carbocycles. The van der Waals surface area contributed by atoms with Crippen molar-refractivity contribution in [1.29, 1.82) is 0 Å². The molecule has 192 valence electrons. The molecule has 3 heterocycles. The normalized spacial score (nSPS) is 12.6. The third-order valence-electron chi connectivity index (χ3n) is 6.63. The zero-order valence-corrected chi connectivity index (χ0v) is 21.7. The molecule has 0 bridgehead atoms. The summed E-state index contributed by atoms with van der Waals surface area (Å²) < 4.78 is 2.07. The number of aromatic amines is 1. The van der Waals surface area contributed by atoms with Gasteiger partial charge in [0.2, 0.25) is 0 Å². The van der Waals surface area contributed by atoms with Gasteiger partial charge in [-0.25, -0.2) is 4.98 Å². The molecule has 0 saturated heterocycles. The van der Waals surface area contributed by atoms with Crippen molar-refractivity contribution < 1.29 is 9.59 Å². The number of halogens is 1. The van der Waals surface area contributed by atoms with Crippen LogP contribution in [0.15, 0.2) is 91.7 Å². The van der Waals surface area contributed by atoms with Crippen molar-refractivity contribution in [2.24, 2.45) is 0 Å². The second-order valence-electron chi connectivity index (χ2n) is 9.25. The zero-order chi connectivity index (χ0) is 26.6. The maximum atomic E-state index is 13.6. The molecule has 38 heavy (non-hydrogen) atoms. The molecule has 1 aliphatic rings. The summed E-state index contributed by atoms with van der Waals surface area (Å²) in [6, 6.07) is 18.9. The zero-order valence-electron chi connectivity index (χ0n) is 20.9. The van der Waals surface area contributed by atoms with Crippen LogP contribution < -0.4 is 5.32 Å². The third-order valence-corrected chi connectivity index (χ3v) is 7.00. The number of carbonyl (C=O) groups is 2. The van der Waals surface area contributed by atoms with Gasteiger partial charge >= 0.3 is 0 Å². The van der Waals surface area contributed by atoms with E-state index in [-0.39, 0.29) is 18.4 Å². The molecule has 2 N–H and O–H groups in total. The molecule has 0 radical (unpaired) electrons. The maximum Gasteiger partial charge on any atom is 0.276 e. The van der Waals surface area contributed by atoms with Crippen LogP contribution in [-0.2, 0) is 25.9 Å². The van der Waals surface area contributed by atoms with Gasteiger partial charge in [-0.1, -0.05) is 66.7 Å². The van der Waals surface area contributed by atoms with Crippen molar-refractivity contribution in [3.63, 3.8) is 0 Å². The number of allylic oxidation sites excluding steroid dienone is 2.